The van der Waals surface area contributed by atoms with Crippen LogP contribution < -0.4 is 43.7 Å². The Kier molecular flexibility index (Phi) is 13.2. The van der Waals surface area contributed by atoms with Crippen molar-refractivity contribution in [2.24, 2.45) is 0 Å². The van der Waals surface area contributed by atoms with Crippen molar-refractivity contribution >= 4 is 148 Å². The van der Waals surface area contributed by atoms with Crippen LogP contribution in [0.2, 0.25) is 0 Å². The highest BCUT2D eigenvalue weighted by molar-refractivity contribution is 8.34. The molecule has 16 radical (unpaired) electrons. The summed E-state index contributed by atoms with van der Waals surface area (Å²) in [5, 5.41) is 0.744. The first kappa shape index (κ1) is 50.1. The molecular formula is C63H38B8N4S2. The Bertz CT molecular complexity index is 3760. The van der Waals surface area contributed by atoms with Crippen LogP contribution >= 0.6 is 20.1 Å². The largest absolute Gasteiger partial charge is 0.279 e. The Morgan fingerprint density at radius 3 is 0.844 bits per heavy atom. The predicted molar refractivity (Wildman–Crippen MR) is 328 cm³/mol. The molecular weight excluding hydrogens is 963 g/mol. The van der Waals surface area contributed by atoms with Crippen LogP contribution in [-0.4, -0.2) is 82.3 Å². The van der Waals surface area contributed by atoms with Gasteiger partial charge in [-0.15, -0.1) is 41.9 Å². The van der Waals surface area contributed by atoms with Crippen LogP contribution in [0.15, 0.2) is 270 Å². The van der Waals surface area contributed by atoms with Crippen molar-refractivity contribution < 1.29 is 0 Å². The summed E-state index contributed by atoms with van der Waals surface area (Å²) in [4.78, 5) is 25.2. The van der Waals surface area contributed by atoms with E-state index in [2.05, 4.69) is 200 Å². The zero-order valence-electron chi connectivity index (χ0n) is 41.7. The van der Waals surface area contributed by atoms with Gasteiger partial charge < -0.3 is 0 Å². The molecule has 0 spiro atoms. The Labute approximate surface area is 463 Å². The lowest BCUT2D eigenvalue weighted by atomic mass is 9.63. The predicted octanol–water partition coefficient (Wildman–Crippen LogP) is 7.33. The fourth-order valence-corrected chi connectivity index (χ4v) is 18.6. The van der Waals surface area contributed by atoms with E-state index < -0.39 is 20.1 Å². The van der Waals surface area contributed by atoms with E-state index in [4.69, 9.17) is 77.7 Å². The van der Waals surface area contributed by atoms with Crippen molar-refractivity contribution in [3.8, 4) is 28.7 Å². The third kappa shape index (κ3) is 8.10. The Hall–Kier alpha value is -7.77. The first-order valence-electron chi connectivity index (χ1n) is 24.8. The molecule has 12 rings (SSSR count). The van der Waals surface area contributed by atoms with Gasteiger partial charge in [0.1, 0.15) is 62.8 Å². The minimum absolute atomic E-state index is 0.0659. The third-order valence-electron chi connectivity index (χ3n) is 14.2. The quantitative estimate of drug-likeness (QED) is 0.128. The molecule has 0 aliphatic carbocycles. The van der Waals surface area contributed by atoms with Crippen molar-refractivity contribution in [1.29, 1.82) is 0 Å². The highest BCUT2D eigenvalue weighted by atomic mass is 32.3. The van der Waals surface area contributed by atoms with Crippen LogP contribution in [0, 0.1) is 0 Å². The summed E-state index contributed by atoms with van der Waals surface area (Å²) in [5.74, 6) is 0.840. The van der Waals surface area contributed by atoms with Crippen LogP contribution in [0.1, 0.15) is 0 Å². The normalized spacial score (nSPS) is 12.2. The molecule has 10 aromatic carbocycles. The number of rotatable bonds is 11. The monoisotopic (exact) mass is 1000 g/mol. The number of hydrogen-bond acceptors (Lipinski definition) is 3. The van der Waals surface area contributed by atoms with E-state index in [-0.39, 0.29) is 49.7 Å². The van der Waals surface area contributed by atoms with Gasteiger partial charge in [-0.05, 0) is 102 Å². The first-order valence-corrected chi connectivity index (χ1v) is 28.1. The molecule has 77 heavy (non-hydrogen) atoms. The lowest BCUT2D eigenvalue weighted by Crippen LogP contribution is -2.49. The van der Waals surface area contributed by atoms with Gasteiger partial charge in [0.05, 0.1) is 0 Å². The fourth-order valence-electron chi connectivity index (χ4n) is 10.7. The van der Waals surface area contributed by atoms with E-state index in [1.807, 2.05) is 30.3 Å². The molecule has 2 heterocycles. The topological polar surface area (TPSA) is 43.6 Å². The van der Waals surface area contributed by atoms with E-state index in [1.165, 1.54) is 0 Å². The molecule has 0 N–H and O–H groups in total. The van der Waals surface area contributed by atoms with E-state index in [1.54, 1.807) is 4.57 Å². The summed E-state index contributed by atoms with van der Waals surface area (Å²) in [6, 6.07) is 81.5. The van der Waals surface area contributed by atoms with Crippen molar-refractivity contribution in [3.63, 3.8) is 0 Å². The molecule has 12 aromatic rings. The zero-order valence-corrected chi connectivity index (χ0v) is 43.3. The average molecular weight is 1000 g/mol. The van der Waals surface area contributed by atoms with Crippen molar-refractivity contribution in [1.82, 2.24) is 19.5 Å². The summed E-state index contributed by atoms with van der Waals surface area (Å²) in [6.45, 7) is 0. The van der Waals surface area contributed by atoms with E-state index >= 15 is 0 Å². The van der Waals surface area contributed by atoms with Crippen molar-refractivity contribution in [2.45, 2.75) is 39.2 Å². The molecule has 0 atom stereocenters. The van der Waals surface area contributed by atoms with Gasteiger partial charge in [0.15, 0.2) is 11.6 Å². The van der Waals surface area contributed by atoms with Crippen LogP contribution in [0.25, 0.3) is 50.5 Å². The Balaban J connectivity index is 1.30. The minimum Gasteiger partial charge on any atom is -0.279 e. The number of benzene rings is 10. The first-order chi connectivity index (χ1) is 37.5. The maximum absolute atomic E-state index is 7.04. The molecule has 0 fully saturated rings. The summed E-state index contributed by atoms with van der Waals surface area (Å²) >= 11 is 0. The van der Waals surface area contributed by atoms with Gasteiger partial charge in [0.25, 0.3) is 0 Å². The maximum Gasteiger partial charge on any atom is 0.238 e. The van der Waals surface area contributed by atoms with Gasteiger partial charge in [0.2, 0.25) is 5.95 Å². The smallest absolute Gasteiger partial charge is 0.238 e. The molecule has 14 heteroatoms. The fraction of sp³-hybridized carbons (Fsp3) is 0. The van der Waals surface area contributed by atoms with Crippen LogP contribution in [0.5, 0.6) is 0 Å². The van der Waals surface area contributed by atoms with Gasteiger partial charge in [-0.2, -0.15) is 9.97 Å². The van der Waals surface area contributed by atoms with Crippen LogP contribution in [0.3, 0.4) is 0 Å². The molecule has 0 unspecified atom stereocenters. The van der Waals surface area contributed by atoms with Gasteiger partial charge in [-0.3, -0.25) is 4.57 Å². The van der Waals surface area contributed by atoms with Gasteiger partial charge in [-0.25, -0.2) is 4.98 Å². The van der Waals surface area contributed by atoms with E-state index in [9.17, 15) is 0 Å². The molecule has 0 bridgehead atoms. The highest BCUT2D eigenvalue weighted by Crippen LogP contribution is 2.77. The molecule has 0 saturated carbocycles. The van der Waals surface area contributed by atoms with Crippen LogP contribution in [0.4, 0.5) is 0 Å². The van der Waals surface area contributed by atoms with Gasteiger partial charge in [-0.1, -0.05) is 161 Å². The molecule has 0 aliphatic rings. The second-order valence-corrected chi connectivity index (χ2v) is 24.8. The van der Waals surface area contributed by atoms with Gasteiger partial charge >= 0.3 is 0 Å². The molecule has 0 aliphatic heterocycles. The van der Waals surface area contributed by atoms with Gasteiger partial charge in [0, 0.05) is 61.3 Å². The van der Waals surface area contributed by atoms with Crippen LogP contribution in [-0.2, 0) is 0 Å². The summed E-state index contributed by atoms with van der Waals surface area (Å²) in [7, 11) is 49.7. The highest BCUT2D eigenvalue weighted by Gasteiger charge is 2.39. The summed E-state index contributed by atoms with van der Waals surface area (Å²) < 4.78 is 1.71. The number of hydrogen-bond donors (Lipinski definition) is 0. The SMILES string of the molecule is [B]c1c([B])c([B])c2c(c1[B])c1c([B])c([B])c([B])c([B])c1n2-c1nc(-c2ccccc2)nc(-c2cc(S(c3ccccc3)(c3ccccc3)c3ccccc3)cc(S(c3ccccc3)(c3ccccc3)c3ccccc3)c2)n1. The molecule has 346 valence electrons. The third-order valence-corrected chi connectivity index (χ3v) is 22.0. The second kappa shape index (κ2) is 20.3. The lowest BCUT2D eigenvalue weighted by molar-refractivity contribution is 0.954. The maximum atomic E-state index is 7.04. The molecule has 0 amide bonds. The molecule has 2 aromatic heterocycles. The summed E-state index contributed by atoms with van der Waals surface area (Å²) in [5.41, 5.74) is 2.83. The second-order valence-electron chi connectivity index (χ2n) is 18.5. The van der Waals surface area contributed by atoms with E-state index in [0.717, 1.165) is 44.7 Å². The average Bonchev–Trinajstić information content (AvgIpc) is 4.15. The standard InChI is InChI=1S/C63H38B8N4S2/c64-51-49-50-52(65)54(67)56(69)58(71)60(50)75(59(49)57(70)55(68)53(51)66)63-73-61(39-22-8-1-9-23-39)72-62(74-63)40-36-47(76(41-24-10-2-11-25-41,42-26-12-3-13-27-42)43-28-14-4-15-29-43)38-48(37-40)77(44-30-16-5-17-31-44,45-32-18-6-19-33-45)46-34-20-7-21-35-46/h1-38H. The molecule has 0 saturated heterocycles. The van der Waals surface area contributed by atoms with Crippen molar-refractivity contribution in [3.05, 3.63) is 231 Å². The van der Waals surface area contributed by atoms with E-state index in [0.29, 0.717) is 39.0 Å². The lowest BCUT2D eigenvalue weighted by Gasteiger charge is -2.45. The Morgan fingerprint density at radius 2 is 0.532 bits per heavy atom. The number of fused-ring (bicyclic) bond motifs is 3. The molecule has 4 nitrogen and oxygen atoms in total. The zero-order chi connectivity index (χ0) is 53.0. The summed E-state index contributed by atoms with van der Waals surface area (Å²) in [6.07, 6.45) is 0. The Morgan fingerprint density at radius 1 is 0.260 bits per heavy atom. The number of nitrogens with zero attached hydrogens (tertiary/aromatic N) is 4. The number of aromatic nitrogens is 4. The minimum atomic E-state index is -2.36. The van der Waals surface area contributed by atoms with Crippen molar-refractivity contribution in [2.75, 3.05) is 0 Å².